The zero-order valence-electron chi connectivity index (χ0n) is 10.9. The highest BCUT2D eigenvalue weighted by Gasteiger charge is 2.24. The quantitative estimate of drug-likeness (QED) is 0.738. The molecule has 2 rings (SSSR count). The normalized spacial score (nSPS) is 16.4. The lowest BCUT2D eigenvalue weighted by Gasteiger charge is -2.32. The first-order chi connectivity index (χ1) is 9.60. The van der Waals surface area contributed by atoms with Crippen LogP contribution in [-0.4, -0.2) is 41.9 Å². The second-order valence-corrected chi connectivity index (χ2v) is 6.38. The molecule has 1 aliphatic heterocycles. The van der Waals surface area contributed by atoms with Crippen molar-refractivity contribution in [3.8, 4) is 0 Å². The minimum Gasteiger partial charge on any atom is -0.377 e. The van der Waals surface area contributed by atoms with Crippen molar-refractivity contribution in [2.45, 2.75) is 18.9 Å². The molecule has 0 aliphatic carbocycles. The van der Waals surface area contributed by atoms with Crippen LogP contribution in [0, 0.1) is 0 Å². The topological polar surface area (TPSA) is 29.5 Å². The maximum atomic E-state index is 12.4. The number of ether oxygens (including phenoxy) is 1. The summed E-state index contributed by atoms with van der Waals surface area (Å²) in [6, 6.07) is 4.94. The summed E-state index contributed by atoms with van der Waals surface area (Å²) in [6.07, 6.45) is 1.99. The number of alkyl halides is 1. The Morgan fingerprint density at radius 3 is 2.40 bits per heavy atom. The molecular weight excluding hydrogens is 365 g/mol. The molecule has 1 aliphatic rings. The van der Waals surface area contributed by atoms with Crippen molar-refractivity contribution in [2.75, 3.05) is 25.0 Å². The molecule has 0 atom stereocenters. The van der Waals surface area contributed by atoms with Crippen LogP contribution in [0.5, 0.6) is 0 Å². The van der Waals surface area contributed by atoms with Crippen LogP contribution in [0.15, 0.2) is 18.2 Å². The molecule has 1 amide bonds. The largest absolute Gasteiger partial charge is 0.377 e. The first-order valence-corrected chi connectivity index (χ1v) is 8.41. The Labute approximate surface area is 137 Å². The number of carbonyl (C=O) groups is 1. The molecule has 0 N–H and O–H groups in total. The van der Waals surface area contributed by atoms with Crippen LogP contribution in [0.3, 0.4) is 0 Å². The van der Waals surface area contributed by atoms with Gasteiger partial charge >= 0.3 is 0 Å². The van der Waals surface area contributed by atoms with Gasteiger partial charge in [0.05, 0.1) is 12.7 Å². The van der Waals surface area contributed by atoms with E-state index in [9.17, 15) is 4.79 Å². The smallest absolute Gasteiger partial charge is 0.253 e. The zero-order chi connectivity index (χ0) is 14.5. The van der Waals surface area contributed by atoms with Crippen molar-refractivity contribution in [2.24, 2.45) is 0 Å². The van der Waals surface area contributed by atoms with Crippen LogP contribution < -0.4 is 0 Å². The molecule has 0 aromatic heterocycles. The van der Waals surface area contributed by atoms with Crippen molar-refractivity contribution in [1.82, 2.24) is 4.90 Å². The standard InChI is InChI=1S/C14H16BrCl2NO2/c15-3-6-20-13-1-4-18(5-2-13)14(19)10-7-11(16)9-12(17)8-10/h7-9,13H,1-6H2. The third kappa shape index (κ3) is 4.35. The molecular formula is C14H16BrCl2NO2. The predicted octanol–water partition coefficient (Wildman–Crippen LogP) is 4.01. The molecule has 20 heavy (non-hydrogen) atoms. The van der Waals surface area contributed by atoms with Crippen LogP contribution in [0.4, 0.5) is 0 Å². The highest BCUT2D eigenvalue weighted by atomic mass is 79.9. The third-order valence-corrected chi connectivity index (χ3v) is 4.03. The number of rotatable bonds is 4. The number of likely N-dealkylation sites (tertiary alicyclic amines) is 1. The van der Waals surface area contributed by atoms with E-state index in [0.29, 0.717) is 35.3 Å². The van der Waals surface area contributed by atoms with Crippen LogP contribution >= 0.6 is 39.1 Å². The van der Waals surface area contributed by atoms with Gasteiger partial charge < -0.3 is 9.64 Å². The Bertz CT molecular complexity index is 456. The number of amides is 1. The van der Waals surface area contributed by atoms with Gasteiger partial charge in [-0.3, -0.25) is 4.79 Å². The van der Waals surface area contributed by atoms with Crippen LogP contribution in [0.2, 0.25) is 10.0 Å². The van der Waals surface area contributed by atoms with Crippen molar-refractivity contribution < 1.29 is 9.53 Å². The van der Waals surface area contributed by atoms with Gasteiger partial charge in [-0.25, -0.2) is 0 Å². The number of carbonyl (C=O) groups excluding carboxylic acids is 1. The number of nitrogens with zero attached hydrogens (tertiary/aromatic N) is 1. The van der Waals surface area contributed by atoms with Gasteiger partial charge in [0.1, 0.15) is 0 Å². The maximum absolute atomic E-state index is 12.4. The molecule has 6 heteroatoms. The van der Waals surface area contributed by atoms with E-state index in [1.54, 1.807) is 18.2 Å². The summed E-state index contributed by atoms with van der Waals surface area (Å²) in [5, 5.41) is 1.81. The number of hydrogen-bond acceptors (Lipinski definition) is 2. The van der Waals surface area contributed by atoms with Crippen molar-refractivity contribution in [3.63, 3.8) is 0 Å². The number of hydrogen-bond donors (Lipinski definition) is 0. The van der Waals surface area contributed by atoms with Gasteiger partial charge in [-0.05, 0) is 31.0 Å². The molecule has 0 bridgehead atoms. The summed E-state index contributed by atoms with van der Waals surface area (Å²) in [7, 11) is 0. The second kappa shape index (κ2) is 7.64. The van der Waals surface area contributed by atoms with Crippen molar-refractivity contribution in [1.29, 1.82) is 0 Å². The third-order valence-electron chi connectivity index (χ3n) is 3.27. The van der Waals surface area contributed by atoms with Gasteiger partial charge in [0.2, 0.25) is 0 Å². The Balaban J connectivity index is 1.94. The van der Waals surface area contributed by atoms with E-state index in [1.807, 2.05) is 4.90 Å². The fourth-order valence-corrected chi connectivity index (χ4v) is 3.01. The monoisotopic (exact) mass is 379 g/mol. The van der Waals surface area contributed by atoms with E-state index >= 15 is 0 Å². The lowest BCUT2D eigenvalue weighted by atomic mass is 10.1. The zero-order valence-corrected chi connectivity index (χ0v) is 14.0. The fourth-order valence-electron chi connectivity index (χ4n) is 2.30. The molecule has 3 nitrogen and oxygen atoms in total. The Morgan fingerprint density at radius 2 is 1.85 bits per heavy atom. The minimum atomic E-state index is -0.0201. The summed E-state index contributed by atoms with van der Waals surface area (Å²) < 4.78 is 5.68. The second-order valence-electron chi connectivity index (χ2n) is 4.71. The first-order valence-electron chi connectivity index (χ1n) is 6.53. The van der Waals surface area contributed by atoms with E-state index in [4.69, 9.17) is 27.9 Å². The lowest BCUT2D eigenvalue weighted by Crippen LogP contribution is -2.41. The highest BCUT2D eigenvalue weighted by Crippen LogP contribution is 2.22. The SMILES string of the molecule is O=C(c1cc(Cl)cc(Cl)c1)N1CCC(OCCBr)CC1. The van der Waals surface area contributed by atoms with Crippen molar-refractivity contribution >= 4 is 45.0 Å². The molecule has 1 aromatic rings. The molecule has 1 heterocycles. The average molecular weight is 381 g/mol. The summed E-state index contributed by atoms with van der Waals surface area (Å²) >= 11 is 15.2. The van der Waals surface area contributed by atoms with E-state index in [-0.39, 0.29) is 12.0 Å². The van der Waals surface area contributed by atoms with Crippen LogP contribution in [0.1, 0.15) is 23.2 Å². The highest BCUT2D eigenvalue weighted by molar-refractivity contribution is 9.09. The lowest BCUT2D eigenvalue weighted by molar-refractivity contribution is 0.0160. The number of piperidine rings is 1. The van der Waals surface area contributed by atoms with Crippen LogP contribution in [0.25, 0.3) is 0 Å². The molecule has 0 spiro atoms. The molecule has 1 fully saturated rings. The first kappa shape index (κ1) is 16.1. The summed E-state index contributed by atoms with van der Waals surface area (Å²) in [6.45, 7) is 2.12. The van der Waals surface area contributed by atoms with Gasteiger partial charge in [-0.2, -0.15) is 0 Å². The molecule has 0 radical (unpaired) electrons. The predicted molar refractivity (Wildman–Crippen MR) is 85.1 cm³/mol. The Morgan fingerprint density at radius 1 is 1.25 bits per heavy atom. The van der Waals surface area contributed by atoms with E-state index in [1.165, 1.54) is 0 Å². The van der Waals surface area contributed by atoms with Gasteiger partial charge in [-0.1, -0.05) is 39.1 Å². The van der Waals surface area contributed by atoms with Gasteiger partial charge in [-0.15, -0.1) is 0 Å². The Hall–Kier alpha value is -0.290. The summed E-state index contributed by atoms with van der Waals surface area (Å²) in [4.78, 5) is 14.2. The summed E-state index contributed by atoms with van der Waals surface area (Å²) in [5.74, 6) is -0.0201. The van der Waals surface area contributed by atoms with Gasteiger partial charge in [0.15, 0.2) is 0 Å². The molecule has 1 aromatic carbocycles. The number of halogens is 3. The van der Waals surface area contributed by atoms with Crippen LogP contribution in [-0.2, 0) is 4.74 Å². The van der Waals surface area contributed by atoms with E-state index < -0.39 is 0 Å². The maximum Gasteiger partial charge on any atom is 0.253 e. The van der Waals surface area contributed by atoms with E-state index in [2.05, 4.69) is 15.9 Å². The Kier molecular flexibility index (Phi) is 6.15. The molecule has 1 saturated heterocycles. The van der Waals surface area contributed by atoms with E-state index in [0.717, 1.165) is 18.2 Å². The summed E-state index contributed by atoms with van der Waals surface area (Å²) in [5.41, 5.74) is 0.544. The molecule has 110 valence electrons. The number of benzene rings is 1. The molecule has 0 unspecified atom stereocenters. The minimum absolute atomic E-state index is 0.0201. The average Bonchev–Trinajstić information content (AvgIpc) is 2.44. The van der Waals surface area contributed by atoms with Crippen molar-refractivity contribution in [3.05, 3.63) is 33.8 Å². The van der Waals surface area contributed by atoms with Gasteiger partial charge in [0.25, 0.3) is 5.91 Å². The molecule has 0 saturated carbocycles. The van der Waals surface area contributed by atoms with Gasteiger partial charge in [0, 0.05) is 34.0 Å². The fraction of sp³-hybridized carbons (Fsp3) is 0.500.